The van der Waals surface area contributed by atoms with Gasteiger partial charge in [-0.1, -0.05) is 28.1 Å². The average Bonchev–Trinajstić information content (AvgIpc) is 2.81. The molecule has 4 nitrogen and oxygen atoms in total. The first-order chi connectivity index (χ1) is 8.08. The van der Waals surface area contributed by atoms with E-state index in [2.05, 4.69) is 20.9 Å². The van der Waals surface area contributed by atoms with Crippen LogP contribution >= 0.6 is 15.9 Å². The molecule has 0 fully saturated rings. The van der Waals surface area contributed by atoms with Gasteiger partial charge in [-0.05, 0) is 23.8 Å². The number of hydrogen-bond acceptors (Lipinski definition) is 3. The van der Waals surface area contributed by atoms with Crippen LogP contribution in [0.1, 0.15) is 5.56 Å². The minimum Gasteiger partial charge on any atom is -0.244 e. The Balaban J connectivity index is 2.28. The second-order valence-electron chi connectivity index (χ2n) is 3.30. The summed E-state index contributed by atoms with van der Waals surface area (Å²) in [4.78, 5) is 3.70. The number of imidazole rings is 1. The summed E-state index contributed by atoms with van der Waals surface area (Å²) in [6, 6.07) is 7.37. The zero-order valence-corrected chi connectivity index (χ0v) is 11.1. The first-order valence-corrected chi connectivity index (χ1v) is 7.05. The van der Waals surface area contributed by atoms with E-state index in [9.17, 15) is 8.42 Å². The van der Waals surface area contributed by atoms with Crippen molar-refractivity contribution in [1.29, 1.82) is 0 Å². The summed E-state index contributed by atoms with van der Waals surface area (Å²) in [5.74, 6) is 0. The summed E-state index contributed by atoms with van der Waals surface area (Å²) in [5, 5.41) is 1.15. The van der Waals surface area contributed by atoms with Gasteiger partial charge in [-0.2, -0.15) is 0 Å². The van der Waals surface area contributed by atoms with Crippen LogP contribution in [0.4, 0.5) is 0 Å². The van der Waals surface area contributed by atoms with Crippen LogP contribution in [-0.4, -0.2) is 17.4 Å². The van der Waals surface area contributed by atoms with Crippen molar-refractivity contribution in [3.05, 3.63) is 58.4 Å². The third kappa shape index (κ3) is 3.04. The lowest BCUT2D eigenvalue weighted by molar-refractivity contribution is 0.596. The van der Waals surface area contributed by atoms with Crippen LogP contribution in [-0.2, 0) is 10.0 Å². The number of rotatable bonds is 3. The Labute approximate surface area is 108 Å². The quantitative estimate of drug-likeness (QED) is 0.875. The molecule has 0 aliphatic heterocycles. The van der Waals surface area contributed by atoms with Crippen LogP contribution in [0.5, 0.6) is 0 Å². The van der Waals surface area contributed by atoms with E-state index >= 15 is 0 Å². The van der Waals surface area contributed by atoms with Gasteiger partial charge in [0.1, 0.15) is 6.33 Å². The van der Waals surface area contributed by atoms with Crippen molar-refractivity contribution < 1.29 is 8.42 Å². The molecule has 88 valence electrons. The maximum Gasteiger partial charge on any atom is 0.262 e. The van der Waals surface area contributed by atoms with E-state index in [-0.39, 0.29) is 0 Å². The monoisotopic (exact) mass is 312 g/mol. The molecule has 0 radical (unpaired) electrons. The molecule has 0 amide bonds. The lowest BCUT2D eigenvalue weighted by Gasteiger charge is -1.98. The lowest BCUT2D eigenvalue weighted by atomic mass is 10.2. The normalized spacial score (nSPS) is 12.1. The van der Waals surface area contributed by atoms with Crippen molar-refractivity contribution in [2.24, 2.45) is 0 Å². The van der Waals surface area contributed by atoms with E-state index in [1.54, 1.807) is 6.08 Å². The van der Waals surface area contributed by atoms with Gasteiger partial charge >= 0.3 is 0 Å². The third-order valence-electron chi connectivity index (χ3n) is 2.06. The summed E-state index contributed by atoms with van der Waals surface area (Å²) in [7, 11) is -3.47. The molecule has 2 aromatic rings. The second kappa shape index (κ2) is 4.85. The summed E-state index contributed by atoms with van der Waals surface area (Å²) < 4.78 is 25.5. The standard InChI is InChI=1S/C11H9BrN2O2S/c12-11-3-1-2-10(8-11)4-7-17(15,16)14-6-5-13-9-14/h1-9H. The predicted molar refractivity (Wildman–Crippen MR) is 69.7 cm³/mol. The van der Waals surface area contributed by atoms with Crippen LogP contribution in [0.2, 0.25) is 0 Å². The molecular formula is C11H9BrN2O2S. The molecule has 0 N–H and O–H groups in total. The Morgan fingerprint density at radius 3 is 2.82 bits per heavy atom. The average molecular weight is 313 g/mol. The van der Waals surface area contributed by atoms with Gasteiger partial charge in [0.05, 0.1) is 5.41 Å². The molecule has 0 atom stereocenters. The highest BCUT2D eigenvalue weighted by Gasteiger charge is 2.06. The molecule has 17 heavy (non-hydrogen) atoms. The Morgan fingerprint density at radius 1 is 1.35 bits per heavy atom. The van der Waals surface area contributed by atoms with E-state index in [0.29, 0.717) is 0 Å². The zero-order chi connectivity index (χ0) is 12.3. The van der Waals surface area contributed by atoms with Gasteiger partial charge in [0.25, 0.3) is 10.0 Å². The van der Waals surface area contributed by atoms with Gasteiger partial charge in [-0.15, -0.1) is 0 Å². The van der Waals surface area contributed by atoms with Crippen molar-refractivity contribution in [2.75, 3.05) is 0 Å². The van der Waals surface area contributed by atoms with Crippen LogP contribution in [0.3, 0.4) is 0 Å². The molecule has 0 aliphatic carbocycles. The topological polar surface area (TPSA) is 52.0 Å². The molecule has 0 aliphatic rings. The summed E-state index contributed by atoms with van der Waals surface area (Å²) in [5.41, 5.74) is 0.808. The minimum absolute atomic E-state index is 0.808. The van der Waals surface area contributed by atoms with Gasteiger partial charge in [0.2, 0.25) is 0 Å². The van der Waals surface area contributed by atoms with Crippen LogP contribution < -0.4 is 0 Å². The highest BCUT2D eigenvalue weighted by molar-refractivity contribution is 9.10. The second-order valence-corrected chi connectivity index (χ2v) is 5.93. The number of hydrogen-bond donors (Lipinski definition) is 0. The van der Waals surface area contributed by atoms with Crippen molar-refractivity contribution in [1.82, 2.24) is 8.96 Å². The minimum atomic E-state index is -3.47. The van der Waals surface area contributed by atoms with Gasteiger partial charge in [-0.3, -0.25) is 0 Å². The van der Waals surface area contributed by atoms with E-state index < -0.39 is 10.0 Å². The van der Waals surface area contributed by atoms with Crippen LogP contribution in [0.25, 0.3) is 6.08 Å². The van der Waals surface area contributed by atoms with Crippen molar-refractivity contribution >= 4 is 32.0 Å². The molecule has 0 saturated carbocycles. The molecule has 1 aromatic carbocycles. The summed E-state index contributed by atoms with van der Waals surface area (Å²) in [6.45, 7) is 0. The van der Waals surface area contributed by atoms with Gasteiger partial charge in [0, 0.05) is 16.9 Å². The molecule has 0 saturated heterocycles. The fraction of sp³-hybridized carbons (Fsp3) is 0. The van der Waals surface area contributed by atoms with Crippen LogP contribution in [0.15, 0.2) is 52.9 Å². The first-order valence-electron chi connectivity index (χ1n) is 4.75. The van der Waals surface area contributed by atoms with Crippen molar-refractivity contribution in [2.45, 2.75) is 0 Å². The molecule has 0 spiro atoms. The summed E-state index contributed by atoms with van der Waals surface area (Å²) >= 11 is 3.32. The summed E-state index contributed by atoms with van der Waals surface area (Å²) in [6.07, 6.45) is 5.60. The van der Waals surface area contributed by atoms with Crippen molar-refractivity contribution in [3.63, 3.8) is 0 Å². The zero-order valence-electron chi connectivity index (χ0n) is 8.69. The smallest absolute Gasteiger partial charge is 0.244 e. The number of benzene rings is 1. The molecule has 1 heterocycles. The highest BCUT2D eigenvalue weighted by Crippen LogP contribution is 2.13. The van der Waals surface area contributed by atoms with E-state index in [4.69, 9.17) is 0 Å². The highest BCUT2D eigenvalue weighted by atomic mass is 79.9. The third-order valence-corrected chi connectivity index (χ3v) is 3.83. The predicted octanol–water partition coefficient (Wildman–Crippen LogP) is 2.49. The fourth-order valence-electron chi connectivity index (χ4n) is 1.24. The molecule has 0 unspecified atom stereocenters. The number of nitrogens with zero attached hydrogens (tertiary/aromatic N) is 2. The lowest BCUT2D eigenvalue weighted by Crippen LogP contribution is -2.05. The largest absolute Gasteiger partial charge is 0.262 e. The van der Waals surface area contributed by atoms with Gasteiger partial charge in [-0.25, -0.2) is 17.4 Å². The Kier molecular flexibility index (Phi) is 3.44. The van der Waals surface area contributed by atoms with Gasteiger partial charge in [0.15, 0.2) is 0 Å². The van der Waals surface area contributed by atoms with E-state index in [1.165, 1.54) is 18.7 Å². The Morgan fingerprint density at radius 2 is 2.18 bits per heavy atom. The Bertz CT molecular complexity index is 633. The number of halogens is 1. The van der Waals surface area contributed by atoms with E-state index in [1.807, 2.05) is 24.3 Å². The number of aromatic nitrogens is 2. The molecule has 6 heteroatoms. The maximum atomic E-state index is 11.8. The van der Waals surface area contributed by atoms with Crippen LogP contribution in [0, 0.1) is 0 Å². The molecule has 2 rings (SSSR count). The maximum absolute atomic E-state index is 11.8. The molecule has 0 bridgehead atoms. The fourth-order valence-corrected chi connectivity index (χ4v) is 2.54. The SMILES string of the molecule is O=S(=O)(C=Cc1cccc(Br)c1)n1ccnc1. The molecular weight excluding hydrogens is 304 g/mol. The first kappa shape index (κ1) is 12.1. The van der Waals surface area contributed by atoms with Gasteiger partial charge < -0.3 is 0 Å². The van der Waals surface area contributed by atoms with E-state index in [0.717, 1.165) is 19.4 Å². The Hall–Kier alpha value is -1.40. The molecule has 1 aromatic heterocycles. The van der Waals surface area contributed by atoms with Crippen molar-refractivity contribution in [3.8, 4) is 0 Å².